The van der Waals surface area contributed by atoms with Gasteiger partial charge >= 0.3 is 0 Å². The molecular formula is C8H6N2NaO. The molecule has 0 spiro atoms. The van der Waals surface area contributed by atoms with Crippen LogP contribution in [0.5, 0.6) is 0 Å². The van der Waals surface area contributed by atoms with E-state index in [0.717, 1.165) is 5.52 Å². The van der Waals surface area contributed by atoms with Gasteiger partial charge in [-0.3, -0.25) is 4.79 Å². The summed E-state index contributed by atoms with van der Waals surface area (Å²) < 4.78 is 0. The minimum atomic E-state index is -0.0874. The number of rotatable bonds is 0. The van der Waals surface area contributed by atoms with Gasteiger partial charge in [0.15, 0.2) is 0 Å². The van der Waals surface area contributed by atoms with Gasteiger partial charge in [0, 0.05) is 29.6 Å². The van der Waals surface area contributed by atoms with Crippen LogP contribution >= 0.6 is 0 Å². The van der Waals surface area contributed by atoms with Gasteiger partial charge < -0.3 is 4.98 Å². The van der Waals surface area contributed by atoms with Gasteiger partial charge in [0.2, 0.25) is 0 Å². The second-order valence-corrected chi connectivity index (χ2v) is 2.25. The van der Waals surface area contributed by atoms with Crippen molar-refractivity contribution >= 4 is 40.5 Å². The van der Waals surface area contributed by atoms with Crippen LogP contribution in [-0.4, -0.2) is 39.5 Å². The van der Waals surface area contributed by atoms with Crippen LogP contribution in [0.4, 0.5) is 0 Å². The third-order valence-corrected chi connectivity index (χ3v) is 1.55. The Kier molecular flexibility index (Phi) is 3.03. The van der Waals surface area contributed by atoms with Crippen molar-refractivity contribution in [2.24, 2.45) is 0 Å². The van der Waals surface area contributed by atoms with Crippen LogP contribution in [0.1, 0.15) is 0 Å². The molecule has 1 aromatic carbocycles. The quantitative estimate of drug-likeness (QED) is 0.585. The van der Waals surface area contributed by atoms with Crippen molar-refractivity contribution in [2.45, 2.75) is 0 Å². The van der Waals surface area contributed by atoms with Gasteiger partial charge in [0.05, 0.1) is 17.2 Å². The molecule has 0 saturated heterocycles. The number of nitrogens with one attached hydrogen (secondary N) is 1. The van der Waals surface area contributed by atoms with Crippen LogP contribution in [0.15, 0.2) is 35.4 Å². The van der Waals surface area contributed by atoms with E-state index in [1.165, 1.54) is 6.33 Å². The van der Waals surface area contributed by atoms with E-state index in [4.69, 9.17) is 0 Å². The number of aromatic amines is 1. The van der Waals surface area contributed by atoms with E-state index >= 15 is 0 Å². The molecule has 2 aromatic rings. The summed E-state index contributed by atoms with van der Waals surface area (Å²) in [6.07, 6.45) is 1.41. The number of hydrogen-bond donors (Lipinski definition) is 1. The first-order valence-corrected chi connectivity index (χ1v) is 3.30. The number of para-hydroxylation sites is 1. The SMILES string of the molecule is O=c1[nH]cnc2ccccc12.[Na]. The molecule has 0 aliphatic rings. The van der Waals surface area contributed by atoms with E-state index < -0.39 is 0 Å². The van der Waals surface area contributed by atoms with Gasteiger partial charge in [0.1, 0.15) is 0 Å². The molecule has 0 bridgehead atoms. The van der Waals surface area contributed by atoms with Crippen LogP contribution in [0.3, 0.4) is 0 Å². The molecule has 4 heteroatoms. The van der Waals surface area contributed by atoms with Crippen molar-refractivity contribution in [1.29, 1.82) is 0 Å². The average Bonchev–Trinajstić information content (AvgIpc) is 2.06. The molecule has 0 saturated carbocycles. The molecule has 0 unspecified atom stereocenters. The van der Waals surface area contributed by atoms with Crippen molar-refractivity contribution in [3.05, 3.63) is 40.9 Å². The van der Waals surface area contributed by atoms with Crippen LogP contribution in [0.2, 0.25) is 0 Å². The summed E-state index contributed by atoms with van der Waals surface area (Å²) in [5.41, 5.74) is 0.645. The molecule has 2 rings (SSSR count). The number of hydrogen-bond acceptors (Lipinski definition) is 2. The molecule has 3 nitrogen and oxygen atoms in total. The Morgan fingerprint density at radius 1 is 1.25 bits per heavy atom. The smallest absolute Gasteiger partial charge is 0.258 e. The van der Waals surface area contributed by atoms with E-state index in [-0.39, 0.29) is 35.1 Å². The Hall–Kier alpha value is -0.640. The fourth-order valence-corrected chi connectivity index (χ4v) is 1.02. The van der Waals surface area contributed by atoms with Gasteiger partial charge in [-0.2, -0.15) is 0 Å². The molecule has 0 aliphatic heterocycles. The van der Waals surface area contributed by atoms with Crippen LogP contribution in [0.25, 0.3) is 10.9 Å². The number of fused-ring (bicyclic) bond motifs is 1. The molecule has 1 N–H and O–H groups in total. The van der Waals surface area contributed by atoms with Gasteiger partial charge in [-0.15, -0.1) is 0 Å². The third kappa shape index (κ3) is 1.58. The number of nitrogens with zero attached hydrogens (tertiary/aromatic N) is 1. The summed E-state index contributed by atoms with van der Waals surface area (Å²) in [6.45, 7) is 0. The van der Waals surface area contributed by atoms with E-state index in [1.807, 2.05) is 18.2 Å². The molecule has 55 valence electrons. The van der Waals surface area contributed by atoms with Crippen molar-refractivity contribution in [3.63, 3.8) is 0 Å². The van der Waals surface area contributed by atoms with Gasteiger partial charge in [0.25, 0.3) is 5.56 Å². The van der Waals surface area contributed by atoms with Gasteiger partial charge in [-0.25, -0.2) is 4.98 Å². The molecule has 0 atom stereocenters. The fraction of sp³-hybridized carbons (Fsp3) is 0. The molecular weight excluding hydrogens is 163 g/mol. The minimum Gasteiger partial charge on any atom is -0.313 e. The molecule has 1 radical (unpaired) electrons. The first kappa shape index (κ1) is 9.45. The summed E-state index contributed by atoms with van der Waals surface area (Å²) in [4.78, 5) is 17.6. The third-order valence-electron chi connectivity index (χ3n) is 1.55. The molecule has 1 aromatic heterocycles. The maximum absolute atomic E-state index is 11.1. The fourth-order valence-electron chi connectivity index (χ4n) is 1.02. The zero-order valence-electron chi connectivity index (χ0n) is 6.74. The van der Waals surface area contributed by atoms with Crippen molar-refractivity contribution in [1.82, 2.24) is 9.97 Å². The Morgan fingerprint density at radius 2 is 2.00 bits per heavy atom. The Labute approximate surface area is 91.1 Å². The van der Waals surface area contributed by atoms with Crippen molar-refractivity contribution in [2.75, 3.05) is 0 Å². The van der Waals surface area contributed by atoms with Gasteiger partial charge in [-0.05, 0) is 12.1 Å². The molecule has 12 heavy (non-hydrogen) atoms. The van der Waals surface area contributed by atoms with Crippen LogP contribution in [-0.2, 0) is 0 Å². The summed E-state index contributed by atoms with van der Waals surface area (Å²) in [5, 5.41) is 0.634. The zero-order valence-corrected chi connectivity index (χ0v) is 8.74. The molecule has 0 aliphatic carbocycles. The van der Waals surface area contributed by atoms with E-state index in [0.29, 0.717) is 5.39 Å². The molecule has 1 heterocycles. The van der Waals surface area contributed by atoms with E-state index in [2.05, 4.69) is 9.97 Å². The predicted molar refractivity (Wildman–Crippen MR) is 48.1 cm³/mol. The first-order chi connectivity index (χ1) is 5.38. The minimum absolute atomic E-state index is 0. The summed E-state index contributed by atoms with van der Waals surface area (Å²) in [5.74, 6) is 0. The topological polar surface area (TPSA) is 45.8 Å². The molecule has 0 amide bonds. The zero-order chi connectivity index (χ0) is 7.68. The Morgan fingerprint density at radius 3 is 2.75 bits per heavy atom. The summed E-state index contributed by atoms with van der Waals surface area (Å²) in [6, 6.07) is 7.24. The number of aromatic nitrogens is 2. The monoisotopic (exact) mass is 169 g/mol. The Balaban J connectivity index is 0.000000720. The summed E-state index contributed by atoms with van der Waals surface area (Å²) >= 11 is 0. The maximum atomic E-state index is 11.1. The summed E-state index contributed by atoms with van der Waals surface area (Å²) in [7, 11) is 0. The first-order valence-electron chi connectivity index (χ1n) is 3.30. The second-order valence-electron chi connectivity index (χ2n) is 2.25. The number of benzene rings is 1. The predicted octanol–water partition coefficient (Wildman–Crippen LogP) is 0.542. The van der Waals surface area contributed by atoms with E-state index in [1.54, 1.807) is 6.07 Å². The van der Waals surface area contributed by atoms with Crippen LogP contribution in [0, 0.1) is 0 Å². The maximum Gasteiger partial charge on any atom is 0.258 e. The largest absolute Gasteiger partial charge is 0.313 e. The number of H-pyrrole nitrogens is 1. The molecule has 0 fully saturated rings. The Bertz CT molecular complexity index is 433. The van der Waals surface area contributed by atoms with Crippen LogP contribution < -0.4 is 5.56 Å². The van der Waals surface area contributed by atoms with Crippen molar-refractivity contribution < 1.29 is 0 Å². The second kappa shape index (κ2) is 3.85. The van der Waals surface area contributed by atoms with Gasteiger partial charge in [-0.1, -0.05) is 12.1 Å². The standard InChI is InChI=1S/C8H6N2O.Na/c11-8-6-3-1-2-4-7(6)9-5-10-8;/h1-5H,(H,9,10,11);. The normalized spacial score (nSPS) is 9.33. The average molecular weight is 169 g/mol. The van der Waals surface area contributed by atoms with Crippen molar-refractivity contribution in [3.8, 4) is 0 Å². The van der Waals surface area contributed by atoms with E-state index in [9.17, 15) is 4.79 Å².